The summed E-state index contributed by atoms with van der Waals surface area (Å²) in [7, 11) is 3.95. The molecule has 0 bridgehead atoms. The van der Waals surface area contributed by atoms with E-state index in [4.69, 9.17) is 9.47 Å². The number of rotatable bonds is 5. The monoisotopic (exact) mass is 336 g/mol. The van der Waals surface area contributed by atoms with E-state index in [1.54, 1.807) is 17.1 Å². The number of hydrogen-bond donors (Lipinski definition) is 0. The topological polar surface area (TPSA) is 42.0 Å². The van der Waals surface area contributed by atoms with Crippen molar-refractivity contribution in [3.05, 3.63) is 37.0 Å². The highest BCUT2D eigenvalue weighted by atomic mass is 16.6. The summed E-state index contributed by atoms with van der Waals surface area (Å²) in [5, 5.41) is 0. The van der Waals surface area contributed by atoms with E-state index in [9.17, 15) is 4.79 Å². The zero-order valence-corrected chi connectivity index (χ0v) is 16.1. The quantitative estimate of drug-likeness (QED) is 0.720. The van der Waals surface area contributed by atoms with Crippen LogP contribution in [0.25, 0.3) is 0 Å². The second-order valence-corrected chi connectivity index (χ2v) is 7.77. The Kier molecular flexibility index (Phi) is 6.42. The van der Waals surface area contributed by atoms with Crippen molar-refractivity contribution in [3.63, 3.8) is 0 Å². The molecule has 5 nitrogen and oxygen atoms in total. The van der Waals surface area contributed by atoms with Gasteiger partial charge in [-0.05, 0) is 54.3 Å². The fourth-order valence-corrected chi connectivity index (χ4v) is 2.90. The SMILES string of the molecule is C=CC=C(C=C)[C@H]1OC(C)(C)N(C(=O)OC(C)(C)C)[C@@H]1CN(C)C. The van der Waals surface area contributed by atoms with Crippen molar-refractivity contribution in [2.45, 2.75) is 58.1 Å². The third-order valence-electron chi connectivity index (χ3n) is 3.69. The van der Waals surface area contributed by atoms with Crippen molar-refractivity contribution in [3.8, 4) is 0 Å². The zero-order valence-electron chi connectivity index (χ0n) is 16.1. The fourth-order valence-electron chi connectivity index (χ4n) is 2.90. The average molecular weight is 336 g/mol. The number of allylic oxidation sites excluding steroid dienone is 2. The van der Waals surface area contributed by atoms with Gasteiger partial charge in [-0.3, -0.25) is 4.90 Å². The predicted molar refractivity (Wildman–Crippen MR) is 97.8 cm³/mol. The van der Waals surface area contributed by atoms with Gasteiger partial charge in [0.2, 0.25) is 0 Å². The standard InChI is InChI=1S/C19H32N2O3/c1-10-12-14(11-2)16-15(13-20(8)9)21(19(6,7)23-16)17(22)24-18(3,4)5/h10-12,15-16H,1-2,13H2,3-9H3/t15-,16-/m1/s1. The molecule has 1 aliphatic rings. The van der Waals surface area contributed by atoms with Crippen molar-refractivity contribution in [1.29, 1.82) is 0 Å². The molecule has 0 unspecified atom stereocenters. The molecule has 0 aromatic carbocycles. The number of ether oxygens (including phenoxy) is 2. The Morgan fingerprint density at radius 1 is 1.33 bits per heavy atom. The van der Waals surface area contributed by atoms with Crippen molar-refractivity contribution in [2.75, 3.05) is 20.6 Å². The van der Waals surface area contributed by atoms with Gasteiger partial charge in [0.25, 0.3) is 0 Å². The van der Waals surface area contributed by atoms with Gasteiger partial charge in [-0.15, -0.1) is 0 Å². The van der Waals surface area contributed by atoms with Gasteiger partial charge in [0, 0.05) is 6.54 Å². The van der Waals surface area contributed by atoms with Crippen LogP contribution in [-0.4, -0.2) is 60.0 Å². The molecule has 0 radical (unpaired) electrons. The molecule has 0 saturated carbocycles. The molecule has 2 atom stereocenters. The molecule has 0 spiro atoms. The Morgan fingerprint density at radius 2 is 1.92 bits per heavy atom. The summed E-state index contributed by atoms with van der Waals surface area (Å²) >= 11 is 0. The highest BCUT2D eigenvalue weighted by Crippen LogP contribution is 2.37. The number of hydrogen-bond acceptors (Lipinski definition) is 4. The first kappa shape index (κ1) is 20.5. The van der Waals surface area contributed by atoms with Gasteiger partial charge in [-0.2, -0.15) is 0 Å². The molecule has 5 heteroatoms. The molecular formula is C19H32N2O3. The molecule has 1 amide bonds. The van der Waals surface area contributed by atoms with Crippen molar-refractivity contribution in [1.82, 2.24) is 9.80 Å². The second kappa shape index (κ2) is 7.53. The summed E-state index contributed by atoms with van der Waals surface area (Å²) in [6, 6.07) is -0.186. The molecule has 1 aliphatic heterocycles. The Labute approximate surface area is 146 Å². The number of carbonyl (C=O) groups is 1. The lowest BCUT2D eigenvalue weighted by molar-refractivity contribution is -0.0728. The minimum atomic E-state index is -0.781. The molecule has 0 N–H and O–H groups in total. The van der Waals surface area contributed by atoms with E-state index in [1.807, 2.05) is 59.7 Å². The molecule has 24 heavy (non-hydrogen) atoms. The Hall–Kier alpha value is -1.59. The first-order valence-corrected chi connectivity index (χ1v) is 8.23. The van der Waals surface area contributed by atoms with Gasteiger partial charge < -0.3 is 14.4 Å². The van der Waals surface area contributed by atoms with Gasteiger partial charge >= 0.3 is 6.09 Å². The summed E-state index contributed by atoms with van der Waals surface area (Å²) in [4.78, 5) is 16.6. The molecular weight excluding hydrogens is 304 g/mol. The molecule has 1 saturated heterocycles. The average Bonchev–Trinajstić information content (AvgIpc) is 2.64. The largest absolute Gasteiger partial charge is 0.444 e. The molecule has 136 valence electrons. The molecule has 0 aromatic rings. The summed E-state index contributed by atoms with van der Waals surface area (Å²) in [5.41, 5.74) is -0.445. The van der Waals surface area contributed by atoms with E-state index in [2.05, 4.69) is 13.2 Å². The van der Waals surface area contributed by atoms with Crippen molar-refractivity contribution >= 4 is 6.09 Å². The normalized spacial score (nSPS) is 24.2. The van der Waals surface area contributed by atoms with Crippen LogP contribution < -0.4 is 0 Å². The van der Waals surface area contributed by atoms with E-state index >= 15 is 0 Å². The lowest BCUT2D eigenvalue weighted by Crippen LogP contribution is -2.53. The van der Waals surface area contributed by atoms with Crippen LogP contribution in [-0.2, 0) is 9.47 Å². The third kappa shape index (κ3) is 4.95. The second-order valence-electron chi connectivity index (χ2n) is 7.77. The van der Waals surface area contributed by atoms with Crippen LogP contribution >= 0.6 is 0 Å². The van der Waals surface area contributed by atoms with Gasteiger partial charge in [0.15, 0.2) is 0 Å². The van der Waals surface area contributed by atoms with Gasteiger partial charge in [0.1, 0.15) is 17.4 Å². The first-order valence-electron chi connectivity index (χ1n) is 8.23. The number of nitrogens with zero attached hydrogens (tertiary/aromatic N) is 2. The maximum Gasteiger partial charge on any atom is 0.412 e. The van der Waals surface area contributed by atoms with E-state index < -0.39 is 11.3 Å². The molecule has 1 fully saturated rings. The van der Waals surface area contributed by atoms with Crippen LogP contribution in [0.4, 0.5) is 4.79 Å². The van der Waals surface area contributed by atoms with E-state index in [-0.39, 0.29) is 18.2 Å². The molecule has 0 aromatic heterocycles. The lowest BCUT2D eigenvalue weighted by Gasteiger charge is -2.36. The van der Waals surface area contributed by atoms with Crippen LogP contribution in [0.2, 0.25) is 0 Å². The fraction of sp³-hybridized carbons (Fsp3) is 0.632. The van der Waals surface area contributed by atoms with Crippen LogP contribution in [0.1, 0.15) is 34.6 Å². The maximum atomic E-state index is 12.8. The van der Waals surface area contributed by atoms with Gasteiger partial charge in [-0.1, -0.05) is 31.4 Å². The number of amides is 1. The van der Waals surface area contributed by atoms with Crippen LogP contribution in [0.15, 0.2) is 37.0 Å². The third-order valence-corrected chi connectivity index (χ3v) is 3.69. The van der Waals surface area contributed by atoms with E-state index in [0.717, 1.165) is 5.57 Å². The van der Waals surface area contributed by atoms with Crippen molar-refractivity contribution in [2.24, 2.45) is 0 Å². The minimum Gasteiger partial charge on any atom is -0.444 e. The Balaban J connectivity index is 3.27. The van der Waals surface area contributed by atoms with E-state index in [1.165, 1.54) is 0 Å². The van der Waals surface area contributed by atoms with Crippen LogP contribution in [0, 0.1) is 0 Å². The van der Waals surface area contributed by atoms with Gasteiger partial charge in [-0.25, -0.2) is 4.79 Å². The molecule has 0 aliphatic carbocycles. The molecule has 1 heterocycles. The maximum absolute atomic E-state index is 12.8. The predicted octanol–water partition coefficient (Wildman–Crippen LogP) is 3.59. The molecule has 1 rings (SSSR count). The summed E-state index contributed by atoms with van der Waals surface area (Å²) < 4.78 is 11.8. The van der Waals surface area contributed by atoms with Crippen molar-refractivity contribution < 1.29 is 14.3 Å². The van der Waals surface area contributed by atoms with Crippen LogP contribution in [0.3, 0.4) is 0 Å². The number of carbonyl (C=O) groups excluding carboxylic acids is 1. The number of likely N-dealkylation sites (N-methyl/N-ethyl adjacent to an activating group) is 1. The highest BCUT2D eigenvalue weighted by molar-refractivity contribution is 5.70. The summed E-state index contributed by atoms with van der Waals surface area (Å²) in [6.07, 6.45) is 4.67. The van der Waals surface area contributed by atoms with Gasteiger partial charge in [0.05, 0.1) is 6.04 Å². The Morgan fingerprint density at radius 3 is 2.33 bits per heavy atom. The smallest absolute Gasteiger partial charge is 0.412 e. The lowest BCUT2D eigenvalue weighted by atomic mass is 10.0. The highest BCUT2D eigenvalue weighted by Gasteiger charge is 2.51. The summed E-state index contributed by atoms with van der Waals surface area (Å²) in [5.74, 6) is 0. The zero-order chi connectivity index (χ0) is 18.7. The summed E-state index contributed by atoms with van der Waals surface area (Å²) in [6.45, 7) is 17.6. The minimum absolute atomic E-state index is 0.186. The van der Waals surface area contributed by atoms with Crippen LogP contribution in [0.5, 0.6) is 0 Å². The Bertz CT molecular complexity index is 515. The van der Waals surface area contributed by atoms with E-state index in [0.29, 0.717) is 6.54 Å². The first-order chi connectivity index (χ1) is 10.9.